The molecule has 0 saturated carbocycles. The molecular weight excluding hydrogens is 310 g/mol. The summed E-state index contributed by atoms with van der Waals surface area (Å²) in [6, 6.07) is 5.39. The van der Waals surface area contributed by atoms with E-state index in [0.29, 0.717) is 24.5 Å². The standard InChI is InChI=1S/C17H25N3O2S/c1-13-15(8-9-18)16-12-14(6-7-17(16)19-13)23(21,22)20-10-4-2-3-5-11-20/h6-7,12,19H,2-5,8-11,18H2,1H3. The maximum absolute atomic E-state index is 13.0. The van der Waals surface area contributed by atoms with Gasteiger partial charge in [-0.05, 0) is 56.5 Å². The molecule has 1 saturated heterocycles. The predicted molar refractivity (Wildman–Crippen MR) is 93.0 cm³/mol. The minimum Gasteiger partial charge on any atom is -0.358 e. The Hall–Kier alpha value is -1.37. The van der Waals surface area contributed by atoms with Crippen LogP contribution in [-0.4, -0.2) is 37.3 Å². The van der Waals surface area contributed by atoms with Gasteiger partial charge in [-0.1, -0.05) is 12.8 Å². The van der Waals surface area contributed by atoms with Crippen LogP contribution in [0.1, 0.15) is 36.9 Å². The van der Waals surface area contributed by atoms with Crippen molar-refractivity contribution in [1.82, 2.24) is 9.29 Å². The molecule has 1 aliphatic heterocycles. The Kier molecular flexibility index (Phi) is 4.75. The number of nitrogens with zero attached hydrogens (tertiary/aromatic N) is 1. The van der Waals surface area contributed by atoms with Crippen LogP contribution in [0.15, 0.2) is 23.1 Å². The van der Waals surface area contributed by atoms with Crippen LogP contribution >= 0.6 is 0 Å². The number of aromatic nitrogens is 1. The number of hydrogen-bond acceptors (Lipinski definition) is 3. The molecule has 2 heterocycles. The van der Waals surface area contributed by atoms with Gasteiger partial charge < -0.3 is 10.7 Å². The molecule has 126 valence electrons. The number of H-pyrrole nitrogens is 1. The topological polar surface area (TPSA) is 79.2 Å². The first-order valence-corrected chi connectivity index (χ1v) is 9.79. The zero-order valence-corrected chi connectivity index (χ0v) is 14.5. The van der Waals surface area contributed by atoms with E-state index in [2.05, 4.69) is 4.98 Å². The lowest BCUT2D eigenvalue weighted by molar-refractivity contribution is 0.424. The lowest BCUT2D eigenvalue weighted by Crippen LogP contribution is -2.31. The van der Waals surface area contributed by atoms with Crippen LogP contribution in [0, 0.1) is 6.92 Å². The Morgan fingerprint density at radius 3 is 2.52 bits per heavy atom. The highest BCUT2D eigenvalue weighted by Crippen LogP contribution is 2.27. The fourth-order valence-electron chi connectivity index (χ4n) is 3.42. The number of hydrogen-bond donors (Lipinski definition) is 2. The van der Waals surface area contributed by atoms with E-state index >= 15 is 0 Å². The molecule has 0 bridgehead atoms. The predicted octanol–water partition coefficient (Wildman–Crippen LogP) is 2.54. The molecule has 2 aromatic rings. The van der Waals surface area contributed by atoms with Gasteiger partial charge in [0.15, 0.2) is 0 Å². The number of benzene rings is 1. The van der Waals surface area contributed by atoms with Crippen LogP contribution in [0.2, 0.25) is 0 Å². The van der Waals surface area contributed by atoms with Crippen molar-refractivity contribution >= 4 is 20.9 Å². The van der Waals surface area contributed by atoms with E-state index in [9.17, 15) is 8.42 Å². The highest BCUT2D eigenvalue weighted by Gasteiger charge is 2.25. The van der Waals surface area contributed by atoms with Crippen molar-refractivity contribution in [3.63, 3.8) is 0 Å². The van der Waals surface area contributed by atoms with Crippen LogP contribution in [0.3, 0.4) is 0 Å². The van der Waals surface area contributed by atoms with Gasteiger partial charge in [-0.15, -0.1) is 0 Å². The second kappa shape index (κ2) is 6.63. The van der Waals surface area contributed by atoms with Crippen molar-refractivity contribution < 1.29 is 8.42 Å². The Labute approximate surface area is 137 Å². The summed E-state index contributed by atoms with van der Waals surface area (Å²) in [5.41, 5.74) is 8.86. The van der Waals surface area contributed by atoms with Crippen molar-refractivity contribution in [3.8, 4) is 0 Å². The second-order valence-electron chi connectivity index (χ2n) is 6.29. The van der Waals surface area contributed by atoms with Crippen LogP contribution in [0.5, 0.6) is 0 Å². The molecule has 1 aromatic carbocycles. The van der Waals surface area contributed by atoms with Gasteiger partial charge in [0.2, 0.25) is 10.0 Å². The summed E-state index contributed by atoms with van der Waals surface area (Å²) in [6.07, 6.45) is 4.87. The van der Waals surface area contributed by atoms with Gasteiger partial charge in [0.05, 0.1) is 4.90 Å². The molecular formula is C17H25N3O2S. The average molecular weight is 335 g/mol. The number of nitrogens with two attached hydrogens (primary N) is 1. The number of nitrogens with one attached hydrogen (secondary N) is 1. The number of fused-ring (bicyclic) bond motifs is 1. The molecule has 3 rings (SSSR count). The fraction of sp³-hybridized carbons (Fsp3) is 0.529. The van der Waals surface area contributed by atoms with Gasteiger partial charge in [-0.2, -0.15) is 4.31 Å². The van der Waals surface area contributed by atoms with Gasteiger partial charge in [-0.3, -0.25) is 0 Å². The Morgan fingerprint density at radius 1 is 1.17 bits per heavy atom. The van der Waals surface area contributed by atoms with Gasteiger partial charge in [0.25, 0.3) is 0 Å². The molecule has 23 heavy (non-hydrogen) atoms. The monoisotopic (exact) mass is 335 g/mol. The molecule has 0 aliphatic carbocycles. The van der Waals surface area contributed by atoms with E-state index in [0.717, 1.165) is 54.3 Å². The van der Waals surface area contributed by atoms with Gasteiger partial charge in [0.1, 0.15) is 0 Å². The van der Waals surface area contributed by atoms with Crippen LogP contribution in [0.25, 0.3) is 10.9 Å². The van der Waals surface area contributed by atoms with E-state index in [1.807, 2.05) is 19.1 Å². The van der Waals surface area contributed by atoms with E-state index in [-0.39, 0.29) is 0 Å². The summed E-state index contributed by atoms with van der Waals surface area (Å²) in [4.78, 5) is 3.71. The summed E-state index contributed by atoms with van der Waals surface area (Å²) < 4.78 is 27.5. The smallest absolute Gasteiger partial charge is 0.243 e. The van der Waals surface area contributed by atoms with Gasteiger partial charge in [0, 0.05) is 29.7 Å². The van der Waals surface area contributed by atoms with E-state index in [4.69, 9.17) is 5.73 Å². The number of aryl methyl sites for hydroxylation is 1. The Balaban J connectivity index is 2.03. The van der Waals surface area contributed by atoms with Crippen LogP contribution in [0.4, 0.5) is 0 Å². The second-order valence-corrected chi connectivity index (χ2v) is 8.23. The minimum atomic E-state index is -3.41. The third-order valence-corrected chi connectivity index (χ3v) is 6.58. The number of aromatic amines is 1. The fourth-order valence-corrected chi connectivity index (χ4v) is 4.96. The highest BCUT2D eigenvalue weighted by molar-refractivity contribution is 7.89. The van der Waals surface area contributed by atoms with Crippen LogP contribution in [-0.2, 0) is 16.4 Å². The molecule has 0 unspecified atom stereocenters. The third-order valence-electron chi connectivity index (χ3n) is 4.69. The molecule has 0 radical (unpaired) electrons. The lowest BCUT2D eigenvalue weighted by atomic mass is 10.1. The largest absolute Gasteiger partial charge is 0.358 e. The average Bonchev–Trinajstić information content (AvgIpc) is 2.72. The molecule has 3 N–H and O–H groups in total. The summed E-state index contributed by atoms with van der Waals surface area (Å²) in [7, 11) is -3.41. The maximum atomic E-state index is 13.0. The summed E-state index contributed by atoms with van der Waals surface area (Å²) in [5, 5.41) is 0.976. The van der Waals surface area contributed by atoms with Crippen molar-refractivity contribution in [2.24, 2.45) is 5.73 Å². The van der Waals surface area contributed by atoms with Crippen molar-refractivity contribution in [2.45, 2.75) is 43.9 Å². The summed E-state index contributed by atoms with van der Waals surface area (Å²) in [5.74, 6) is 0. The zero-order valence-electron chi connectivity index (χ0n) is 13.6. The van der Waals surface area contributed by atoms with Gasteiger partial charge in [-0.25, -0.2) is 8.42 Å². The molecule has 1 aromatic heterocycles. The lowest BCUT2D eigenvalue weighted by Gasteiger charge is -2.20. The van der Waals surface area contributed by atoms with Crippen molar-refractivity contribution in [3.05, 3.63) is 29.5 Å². The van der Waals surface area contributed by atoms with E-state index in [1.54, 1.807) is 10.4 Å². The first-order chi connectivity index (χ1) is 11.0. The first kappa shape index (κ1) is 16.5. The highest BCUT2D eigenvalue weighted by atomic mass is 32.2. The maximum Gasteiger partial charge on any atom is 0.243 e. The number of rotatable bonds is 4. The van der Waals surface area contributed by atoms with E-state index < -0.39 is 10.0 Å². The Morgan fingerprint density at radius 2 is 1.87 bits per heavy atom. The third kappa shape index (κ3) is 3.16. The van der Waals surface area contributed by atoms with Crippen molar-refractivity contribution in [1.29, 1.82) is 0 Å². The van der Waals surface area contributed by atoms with Crippen LogP contribution < -0.4 is 5.73 Å². The SMILES string of the molecule is Cc1[nH]c2ccc(S(=O)(=O)N3CCCCCC3)cc2c1CCN. The molecule has 5 nitrogen and oxygen atoms in total. The molecule has 1 fully saturated rings. The van der Waals surface area contributed by atoms with E-state index in [1.165, 1.54) is 0 Å². The van der Waals surface area contributed by atoms with Gasteiger partial charge >= 0.3 is 0 Å². The normalized spacial score (nSPS) is 17.5. The molecule has 0 amide bonds. The molecule has 6 heteroatoms. The first-order valence-electron chi connectivity index (χ1n) is 8.35. The molecule has 0 spiro atoms. The molecule has 1 aliphatic rings. The quantitative estimate of drug-likeness (QED) is 0.901. The minimum absolute atomic E-state index is 0.393. The molecule has 0 atom stereocenters. The Bertz CT molecular complexity index is 788. The summed E-state index contributed by atoms with van der Waals surface area (Å²) in [6.45, 7) is 3.81. The number of sulfonamides is 1. The zero-order chi connectivity index (χ0) is 16.4. The van der Waals surface area contributed by atoms with Crippen molar-refractivity contribution in [2.75, 3.05) is 19.6 Å². The summed E-state index contributed by atoms with van der Waals surface area (Å²) >= 11 is 0.